The molecule has 2 saturated heterocycles. The average Bonchev–Trinajstić information content (AvgIpc) is 3.21. The Labute approximate surface area is 218 Å². The van der Waals surface area contributed by atoms with E-state index >= 15 is 0 Å². The van der Waals surface area contributed by atoms with Crippen molar-refractivity contribution in [3.8, 4) is 0 Å². The number of nitrogens with zero attached hydrogens (tertiary/aromatic N) is 3. The van der Waals surface area contributed by atoms with Crippen molar-refractivity contribution >= 4 is 11.8 Å². The molecule has 1 spiro atoms. The van der Waals surface area contributed by atoms with E-state index in [2.05, 4.69) is 27.3 Å². The highest BCUT2D eigenvalue weighted by Crippen LogP contribution is 2.40. The Morgan fingerprint density at radius 3 is 2.35 bits per heavy atom. The monoisotopic (exact) mass is 513 g/mol. The molecule has 2 fully saturated rings. The summed E-state index contributed by atoms with van der Waals surface area (Å²) in [6.45, 7) is 11.3. The van der Waals surface area contributed by atoms with Gasteiger partial charge in [0.25, 0.3) is 0 Å². The number of likely N-dealkylation sites (tertiary alicyclic amines) is 1. The van der Waals surface area contributed by atoms with Crippen molar-refractivity contribution in [2.75, 3.05) is 19.6 Å². The highest BCUT2D eigenvalue weighted by atomic mass is 19.1. The molecule has 0 bridgehead atoms. The number of rotatable bonds is 8. The summed E-state index contributed by atoms with van der Waals surface area (Å²) in [5.74, 6) is -0.820. The van der Waals surface area contributed by atoms with E-state index in [1.165, 1.54) is 12.1 Å². The fraction of sp³-hybridized carbons (Fsp3) is 0.607. The number of hydrogen-bond donors (Lipinski definition) is 3. The Morgan fingerprint density at radius 2 is 1.81 bits per heavy atom. The van der Waals surface area contributed by atoms with Crippen molar-refractivity contribution in [2.24, 2.45) is 5.92 Å². The van der Waals surface area contributed by atoms with Crippen molar-refractivity contribution in [3.05, 3.63) is 52.6 Å². The van der Waals surface area contributed by atoms with Crippen molar-refractivity contribution in [2.45, 2.75) is 84.0 Å². The van der Waals surface area contributed by atoms with Crippen LogP contribution in [0.2, 0.25) is 0 Å². The molecule has 3 heterocycles. The summed E-state index contributed by atoms with van der Waals surface area (Å²) in [7, 11) is 0. The van der Waals surface area contributed by atoms with Crippen LogP contribution in [0.5, 0.6) is 0 Å². The summed E-state index contributed by atoms with van der Waals surface area (Å²) in [6, 6.07) is 5.48. The van der Waals surface area contributed by atoms with Gasteiger partial charge in [0.15, 0.2) is 0 Å². The molecule has 2 aliphatic heterocycles. The lowest BCUT2D eigenvalue weighted by Crippen LogP contribution is -2.75. The molecule has 0 aliphatic carbocycles. The van der Waals surface area contributed by atoms with Gasteiger partial charge < -0.3 is 15.3 Å². The molecule has 0 radical (unpaired) electrons. The quantitative estimate of drug-likeness (QED) is 0.503. The third-order valence-electron chi connectivity index (χ3n) is 8.15. The molecule has 2 aliphatic rings. The number of halogens is 1. The van der Waals surface area contributed by atoms with Crippen molar-refractivity contribution in [3.63, 3.8) is 0 Å². The van der Waals surface area contributed by atoms with Gasteiger partial charge in [-0.25, -0.2) is 4.39 Å². The van der Waals surface area contributed by atoms with E-state index in [4.69, 9.17) is 0 Å². The predicted octanol–water partition coefficient (Wildman–Crippen LogP) is 3.23. The van der Waals surface area contributed by atoms with Crippen LogP contribution in [0.25, 0.3) is 0 Å². The number of benzene rings is 1. The van der Waals surface area contributed by atoms with Gasteiger partial charge in [-0.05, 0) is 56.7 Å². The number of H-pyrrole nitrogens is 1. The van der Waals surface area contributed by atoms with Gasteiger partial charge in [0.2, 0.25) is 11.8 Å². The lowest BCUT2D eigenvalue weighted by Gasteiger charge is -2.53. The second-order valence-corrected chi connectivity index (χ2v) is 10.9. The van der Waals surface area contributed by atoms with Crippen LogP contribution in [0.3, 0.4) is 0 Å². The van der Waals surface area contributed by atoms with Gasteiger partial charge in [0.1, 0.15) is 17.4 Å². The van der Waals surface area contributed by atoms with Crippen LogP contribution < -0.4 is 5.32 Å². The number of aliphatic hydroxyl groups excluding tert-OH is 1. The number of piperazine rings is 1. The highest BCUT2D eigenvalue weighted by Gasteiger charge is 2.55. The Kier molecular flexibility index (Phi) is 8.04. The largest absolute Gasteiger partial charge is 0.390 e. The first-order chi connectivity index (χ1) is 17.6. The minimum absolute atomic E-state index is 0.154. The van der Waals surface area contributed by atoms with E-state index in [0.717, 1.165) is 35.4 Å². The number of carbonyl (C=O) groups excluding carboxylic acids is 2. The van der Waals surface area contributed by atoms with Crippen molar-refractivity contribution in [1.29, 1.82) is 0 Å². The zero-order valence-corrected chi connectivity index (χ0v) is 22.6. The maximum Gasteiger partial charge on any atom is 0.248 e. The Hall–Kier alpha value is -2.78. The van der Waals surface area contributed by atoms with Gasteiger partial charge in [-0.1, -0.05) is 39.3 Å². The third-order valence-corrected chi connectivity index (χ3v) is 8.15. The zero-order valence-electron chi connectivity index (χ0n) is 22.6. The van der Waals surface area contributed by atoms with Crippen LogP contribution in [0.15, 0.2) is 24.3 Å². The molecule has 1 unspecified atom stereocenters. The number of nitrogens with one attached hydrogen (secondary N) is 2. The van der Waals surface area contributed by atoms with Crippen LogP contribution in [0, 0.1) is 25.6 Å². The van der Waals surface area contributed by atoms with E-state index in [-0.39, 0.29) is 29.6 Å². The van der Waals surface area contributed by atoms with Crippen LogP contribution in [0.4, 0.5) is 4.39 Å². The first-order valence-corrected chi connectivity index (χ1v) is 13.4. The smallest absolute Gasteiger partial charge is 0.248 e. The number of aromatic amines is 1. The van der Waals surface area contributed by atoms with Gasteiger partial charge in [0, 0.05) is 30.9 Å². The Morgan fingerprint density at radius 1 is 1.16 bits per heavy atom. The molecule has 3 atom stereocenters. The Bertz CT molecular complexity index is 1090. The van der Waals surface area contributed by atoms with E-state index in [1.54, 1.807) is 17.0 Å². The molecule has 1 aromatic carbocycles. The molecule has 3 N–H and O–H groups in total. The molecule has 9 heteroatoms. The predicted molar refractivity (Wildman–Crippen MR) is 139 cm³/mol. The van der Waals surface area contributed by atoms with Gasteiger partial charge in [-0.15, -0.1) is 0 Å². The standard InChI is InChI=1S/C28H40FN5O3/c1-6-7-14-34-26(36)23(25(35)17(2)3)30-27(37)28(34)12-15-33(16-13-28)24(20-8-10-21(29)11-9-20)22-18(4)31-32-19(22)5/h8-11,17,23-25,35H,6-7,12-16H2,1-5H3,(H,30,37)(H,31,32)/t23-,24?,25-/m1/s1. The molecule has 202 valence electrons. The molecular weight excluding hydrogens is 473 g/mol. The number of carbonyl (C=O) groups is 2. The lowest BCUT2D eigenvalue weighted by atomic mass is 9.79. The number of aromatic nitrogens is 2. The van der Waals surface area contributed by atoms with Crippen molar-refractivity contribution < 1.29 is 19.1 Å². The maximum absolute atomic E-state index is 13.8. The molecule has 4 rings (SSSR count). The van der Waals surface area contributed by atoms with Gasteiger partial charge >= 0.3 is 0 Å². The first kappa shape index (κ1) is 27.3. The minimum atomic E-state index is -0.941. The maximum atomic E-state index is 13.8. The lowest BCUT2D eigenvalue weighted by molar-refractivity contribution is -0.165. The van der Waals surface area contributed by atoms with Crippen molar-refractivity contribution in [1.82, 2.24) is 25.3 Å². The van der Waals surface area contributed by atoms with Crippen LogP contribution in [0.1, 0.15) is 75.0 Å². The normalized spacial score (nSPS) is 21.9. The molecule has 2 aromatic rings. The summed E-state index contributed by atoms with van der Waals surface area (Å²) in [5.41, 5.74) is 2.90. The van der Waals surface area contributed by atoms with Crippen LogP contribution in [-0.4, -0.2) is 74.2 Å². The first-order valence-electron chi connectivity index (χ1n) is 13.4. The topological polar surface area (TPSA) is 102 Å². The van der Waals surface area contributed by atoms with E-state index in [9.17, 15) is 19.1 Å². The summed E-state index contributed by atoms with van der Waals surface area (Å²) in [6.07, 6.45) is 1.71. The van der Waals surface area contributed by atoms with Gasteiger partial charge in [0.05, 0.1) is 17.8 Å². The van der Waals surface area contributed by atoms with Crippen LogP contribution in [-0.2, 0) is 9.59 Å². The number of unbranched alkanes of at least 4 members (excludes halogenated alkanes) is 1. The molecule has 2 amide bonds. The van der Waals surface area contributed by atoms with E-state index < -0.39 is 17.7 Å². The number of hydrogen-bond acceptors (Lipinski definition) is 5. The fourth-order valence-electron chi connectivity index (χ4n) is 5.91. The SMILES string of the molecule is CCCCN1C(=O)[C@@H]([C@H](O)C(C)C)NC(=O)C12CCN(C(c1ccc(F)cc1)c1c(C)n[nH]c1C)CC2. The molecule has 37 heavy (non-hydrogen) atoms. The number of aliphatic hydroxyl groups is 1. The third kappa shape index (κ3) is 5.03. The summed E-state index contributed by atoms with van der Waals surface area (Å²) in [4.78, 5) is 31.3. The second kappa shape index (κ2) is 10.9. The summed E-state index contributed by atoms with van der Waals surface area (Å²) >= 11 is 0. The van der Waals surface area contributed by atoms with Gasteiger partial charge in [-0.2, -0.15) is 5.10 Å². The van der Waals surface area contributed by atoms with E-state index in [1.807, 2.05) is 27.7 Å². The minimum Gasteiger partial charge on any atom is -0.390 e. The number of piperidine rings is 1. The van der Waals surface area contributed by atoms with Crippen LogP contribution >= 0.6 is 0 Å². The Balaban J connectivity index is 1.64. The molecule has 0 saturated carbocycles. The summed E-state index contributed by atoms with van der Waals surface area (Å²) < 4.78 is 13.8. The number of aryl methyl sites for hydroxylation is 2. The molecular formula is C28H40FN5O3. The zero-order chi connectivity index (χ0) is 26.9. The van der Waals surface area contributed by atoms with Gasteiger partial charge in [-0.3, -0.25) is 19.6 Å². The second-order valence-electron chi connectivity index (χ2n) is 10.9. The molecule has 1 aromatic heterocycles. The highest BCUT2D eigenvalue weighted by molar-refractivity contribution is 6.00. The average molecular weight is 514 g/mol. The summed E-state index contributed by atoms with van der Waals surface area (Å²) in [5, 5.41) is 21.0. The fourth-order valence-corrected chi connectivity index (χ4v) is 5.91. The van der Waals surface area contributed by atoms with E-state index in [0.29, 0.717) is 32.5 Å². The molecule has 8 nitrogen and oxygen atoms in total. The number of amides is 2.